The van der Waals surface area contributed by atoms with E-state index in [1.165, 1.54) is 0 Å². The maximum atomic E-state index is 12.8. The minimum absolute atomic E-state index is 0. The number of aryl methyl sites for hydroxylation is 1. The topological polar surface area (TPSA) is 68.2 Å². The molecule has 126 valence electrons. The van der Waals surface area contributed by atoms with Crippen LogP contribution in [0.4, 0.5) is 0 Å². The lowest BCUT2D eigenvalue weighted by Crippen LogP contribution is -2.50. The third-order valence-electron chi connectivity index (χ3n) is 4.55. The van der Waals surface area contributed by atoms with Gasteiger partial charge in [0.2, 0.25) is 5.91 Å². The molecule has 1 aliphatic heterocycles. The van der Waals surface area contributed by atoms with Crippen LogP contribution in [0, 0.1) is 12.3 Å². The Morgan fingerprint density at radius 3 is 2.68 bits per heavy atom. The van der Waals surface area contributed by atoms with E-state index in [0.29, 0.717) is 6.61 Å². The van der Waals surface area contributed by atoms with Gasteiger partial charge in [-0.3, -0.25) is 9.48 Å². The van der Waals surface area contributed by atoms with Crippen molar-refractivity contribution < 1.29 is 9.53 Å². The minimum atomic E-state index is -0.412. The van der Waals surface area contributed by atoms with Gasteiger partial charge in [-0.1, -0.05) is 0 Å². The first-order chi connectivity index (χ1) is 10.00. The third kappa shape index (κ3) is 3.80. The first-order valence-electron chi connectivity index (χ1n) is 7.49. The largest absolute Gasteiger partial charge is 0.384 e. The number of ether oxygens (including phenoxy) is 1. The normalized spacial score (nSPS) is 18.4. The van der Waals surface area contributed by atoms with Crippen molar-refractivity contribution in [1.29, 1.82) is 0 Å². The highest BCUT2D eigenvalue weighted by atomic mass is 35.5. The second kappa shape index (κ2) is 7.94. The fraction of sp³-hybridized carbons (Fsp3) is 0.733. The van der Waals surface area contributed by atoms with Crippen molar-refractivity contribution in [3.8, 4) is 0 Å². The Labute approximate surface area is 138 Å². The molecular formula is C15H27ClN4O2. The molecule has 1 atom stereocenters. The molecule has 1 amide bonds. The predicted molar refractivity (Wildman–Crippen MR) is 88.2 cm³/mol. The van der Waals surface area contributed by atoms with Crippen LogP contribution in [0.15, 0.2) is 6.20 Å². The highest BCUT2D eigenvalue weighted by molar-refractivity contribution is 5.85. The molecule has 0 radical (unpaired) electrons. The van der Waals surface area contributed by atoms with Gasteiger partial charge in [0.05, 0.1) is 24.3 Å². The van der Waals surface area contributed by atoms with E-state index in [9.17, 15) is 4.79 Å². The number of amides is 1. The van der Waals surface area contributed by atoms with E-state index in [1.807, 2.05) is 31.8 Å². The molecule has 1 aliphatic rings. The number of piperidine rings is 1. The summed E-state index contributed by atoms with van der Waals surface area (Å²) in [5.41, 5.74) is 1.73. The first-order valence-corrected chi connectivity index (χ1v) is 7.49. The van der Waals surface area contributed by atoms with Crippen molar-refractivity contribution >= 4 is 18.3 Å². The van der Waals surface area contributed by atoms with Crippen molar-refractivity contribution in [3.63, 3.8) is 0 Å². The molecule has 1 fully saturated rings. The Morgan fingerprint density at radius 1 is 1.55 bits per heavy atom. The molecule has 1 saturated heterocycles. The lowest BCUT2D eigenvalue weighted by molar-refractivity contribution is -0.136. The van der Waals surface area contributed by atoms with Gasteiger partial charge in [0.25, 0.3) is 0 Å². The fourth-order valence-electron chi connectivity index (χ4n) is 2.99. The molecule has 1 aromatic rings. The Kier molecular flexibility index (Phi) is 6.84. The third-order valence-corrected chi connectivity index (χ3v) is 4.55. The monoisotopic (exact) mass is 330 g/mol. The van der Waals surface area contributed by atoms with E-state index in [0.717, 1.165) is 37.2 Å². The van der Waals surface area contributed by atoms with E-state index < -0.39 is 5.41 Å². The summed E-state index contributed by atoms with van der Waals surface area (Å²) in [7, 11) is 3.57. The molecular weight excluding hydrogens is 304 g/mol. The molecule has 0 bridgehead atoms. The summed E-state index contributed by atoms with van der Waals surface area (Å²) in [6, 6.07) is -0.0465. The van der Waals surface area contributed by atoms with Crippen LogP contribution in [0.2, 0.25) is 0 Å². The number of hydrogen-bond donors (Lipinski definition) is 2. The number of nitrogens with one attached hydrogen (secondary N) is 2. The van der Waals surface area contributed by atoms with Crippen LogP contribution in [-0.2, 0) is 16.6 Å². The van der Waals surface area contributed by atoms with E-state index in [4.69, 9.17) is 4.74 Å². The first kappa shape index (κ1) is 18.9. The fourth-order valence-corrected chi connectivity index (χ4v) is 2.99. The van der Waals surface area contributed by atoms with Crippen molar-refractivity contribution in [2.75, 3.05) is 26.8 Å². The van der Waals surface area contributed by atoms with E-state index in [1.54, 1.807) is 7.11 Å². The summed E-state index contributed by atoms with van der Waals surface area (Å²) in [4.78, 5) is 12.8. The molecule has 0 aromatic carbocycles. The Hall–Kier alpha value is -1.11. The van der Waals surface area contributed by atoms with Crippen molar-refractivity contribution in [3.05, 3.63) is 17.5 Å². The van der Waals surface area contributed by atoms with Gasteiger partial charge in [0, 0.05) is 25.4 Å². The summed E-state index contributed by atoms with van der Waals surface area (Å²) < 4.78 is 7.14. The van der Waals surface area contributed by atoms with Gasteiger partial charge in [0.1, 0.15) is 0 Å². The summed E-state index contributed by atoms with van der Waals surface area (Å²) in [5.74, 6) is 0.0848. The van der Waals surface area contributed by atoms with Crippen molar-refractivity contribution in [2.45, 2.75) is 32.7 Å². The maximum absolute atomic E-state index is 12.8. The predicted octanol–water partition coefficient (Wildman–Crippen LogP) is 1.34. The zero-order valence-electron chi connectivity index (χ0n) is 13.8. The second-order valence-electron chi connectivity index (χ2n) is 5.97. The number of carbonyl (C=O) groups is 1. The van der Waals surface area contributed by atoms with Crippen molar-refractivity contribution in [1.82, 2.24) is 20.4 Å². The Balaban J connectivity index is 0.00000242. The Morgan fingerprint density at radius 2 is 2.18 bits per heavy atom. The molecule has 1 aromatic heterocycles. The smallest absolute Gasteiger partial charge is 0.229 e. The van der Waals surface area contributed by atoms with Crippen molar-refractivity contribution in [2.24, 2.45) is 12.5 Å². The molecule has 22 heavy (non-hydrogen) atoms. The van der Waals surface area contributed by atoms with Crippen LogP contribution < -0.4 is 10.6 Å². The summed E-state index contributed by atoms with van der Waals surface area (Å²) >= 11 is 0. The van der Waals surface area contributed by atoms with Crippen LogP contribution in [0.1, 0.15) is 37.1 Å². The van der Waals surface area contributed by atoms with Gasteiger partial charge >= 0.3 is 0 Å². The molecule has 1 unspecified atom stereocenters. The molecule has 2 N–H and O–H groups in total. The van der Waals surface area contributed by atoms with Crippen LogP contribution >= 0.6 is 12.4 Å². The molecule has 2 rings (SSSR count). The SMILES string of the molecule is COCC1(C(=O)NC(C)c2cnn(C)c2C)CCNCC1.Cl. The standard InChI is InChI=1S/C15H26N4O2.ClH/c1-11(13-9-17-19(3)12(13)2)18-14(20)15(10-21-4)5-7-16-8-6-15;/h9,11,16H,5-8,10H2,1-4H3,(H,18,20);1H. The zero-order chi connectivity index (χ0) is 15.5. The maximum Gasteiger partial charge on any atom is 0.229 e. The average Bonchev–Trinajstić information content (AvgIpc) is 2.80. The zero-order valence-corrected chi connectivity index (χ0v) is 14.6. The van der Waals surface area contributed by atoms with Crippen LogP contribution in [0.5, 0.6) is 0 Å². The minimum Gasteiger partial charge on any atom is -0.384 e. The molecule has 2 heterocycles. The molecule has 0 spiro atoms. The van der Waals surface area contributed by atoms with Gasteiger partial charge in [0.15, 0.2) is 0 Å². The summed E-state index contributed by atoms with van der Waals surface area (Å²) in [6.45, 7) is 6.21. The van der Waals surface area contributed by atoms with Crippen LogP contribution in [0.25, 0.3) is 0 Å². The number of rotatable bonds is 5. The number of methoxy groups -OCH3 is 1. The second-order valence-corrected chi connectivity index (χ2v) is 5.97. The number of nitrogens with zero attached hydrogens (tertiary/aromatic N) is 2. The molecule has 0 aliphatic carbocycles. The number of aromatic nitrogens is 2. The molecule has 6 nitrogen and oxygen atoms in total. The number of hydrogen-bond acceptors (Lipinski definition) is 4. The lowest BCUT2D eigenvalue weighted by atomic mass is 9.78. The lowest BCUT2D eigenvalue weighted by Gasteiger charge is -2.36. The number of halogens is 1. The van der Waals surface area contributed by atoms with E-state index >= 15 is 0 Å². The van der Waals surface area contributed by atoms with Gasteiger partial charge in [-0.05, 0) is 39.8 Å². The highest BCUT2D eigenvalue weighted by Gasteiger charge is 2.40. The summed E-state index contributed by atoms with van der Waals surface area (Å²) in [6.07, 6.45) is 3.45. The van der Waals surface area contributed by atoms with Gasteiger partial charge in [-0.15, -0.1) is 12.4 Å². The van der Waals surface area contributed by atoms with Crippen LogP contribution in [-0.4, -0.2) is 42.5 Å². The summed E-state index contributed by atoms with van der Waals surface area (Å²) in [5, 5.41) is 10.7. The van der Waals surface area contributed by atoms with Gasteiger partial charge in [-0.25, -0.2) is 0 Å². The van der Waals surface area contributed by atoms with Gasteiger partial charge in [-0.2, -0.15) is 5.10 Å². The van der Waals surface area contributed by atoms with Crippen LogP contribution in [0.3, 0.4) is 0 Å². The van der Waals surface area contributed by atoms with E-state index in [2.05, 4.69) is 15.7 Å². The Bertz CT molecular complexity index is 492. The van der Waals surface area contributed by atoms with E-state index in [-0.39, 0.29) is 24.4 Å². The highest BCUT2D eigenvalue weighted by Crippen LogP contribution is 2.30. The molecule has 0 saturated carbocycles. The number of carbonyl (C=O) groups excluding carboxylic acids is 1. The molecule has 7 heteroatoms. The van der Waals surface area contributed by atoms with Gasteiger partial charge < -0.3 is 15.4 Å². The quantitative estimate of drug-likeness (QED) is 0.855. The average molecular weight is 331 g/mol.